The number of thioether (sulfide) groups is 1. The number of rotatable bonds is 8. The van der Waals surface area contributed by atoms with Crippen LogP contribution in [0.15, 0.2) is 11.2 Å². The second kappa shape index (κ2) is 7.59. The summed E-state index contributed by atoms with van der Waals surface area (Å²) in [6.45, 7) is 8.20. The lowest BCUT2D eigenvalue weighted by atomic mass is 9.96. The summed E-state index contributed by atoms with van der Waals surface area (Å²) in [7, 11) is 0. The molecule has 1 atom stereocenters. The van der Waals surface area contributed by atoms with Crippen LogP contribution < -0.4 is 5.32 Å². The van der Waals surface area contributed by atoms with Crippen molar-refractivity contribution in [1.82, 2.24) is 15.3 Å². The van der Waals surface area contributed by atoms with Crippen LogP contribution >= 0.6 is 11.8 Å². The minimum absolute atomic E-state index is 0.591. The summed E-state index contributed by atoms with van der Waals surface area (Å²) in [4.78, 5) is 20.0. The summed E-state index contributed by atoms with van der Waals surface area (Å²) in [6.07, 6.45) is 1.39. The highest BCUT2D eigenvalue weighted by atomic mass is 32.2. The predicted octanol–water partition coefficient (Wildman–Crippen LogP) is 2.42. The first-order valence-electron chi connectivity index (χ1n) is 6.81. The van der Waals surface area contributed by atoms with E-state index in [2.05, 4.69) is 15.3 Å². The predicted molar refractivity (Wildman–Crippen MR) is 81.2 cm³/mol. The van der Waals surface area contributed by atoms with Crippen molar-refractivity contribution >= 4 is 17.7 Å². The molecule has 20 heavy (non-hydrogen) atoms. The van der Waals surface area contributed by atoms with E-state index < -0.39 is 11.5 Å². The van der Waals surface area contributed by atoms with Crippen LogP contribution in [0.5, 0.6) is 0 Å². The van der Waals surface area contributed by atoms with Gasteiger partial charge in [-0.05, 0) is 46.2 Å². The Kier molecular flexibility index (Phi) is 6.42. The largest absolute Gasteiger partial charge is 0.480 e. The Morgan fingerprint density at radius 2 is 2.00 bits per heavy atom. The van der Waals surface area contributed by atoms with Gasteiger partial charge in [0.15, 0.2) is 5.16 Å². The molecule has 0 radical (unpaired) electrons. The fourth-order valence-electron chi connectivity index (χ4n) is 2.01. The minimum Gasteiger partial charge on any atom is -0.480 e. The van der Waals surface area contributed by atoms with E-state index in [1.807, 2.05) is 26.8 Å². The molecule has 1 unspecified atom stereocenters. The van der Waals surface area contributed by atoms with Crippen LogP contribution in [-0.2, 0) is 4.79 Å². The highest BCUT2D eigenvalue weighted by Gasteiger charge is 2.31. The second-order valence-corrected chi connectivity index (χ2v) is 6.11. The molecule has 0 bridgehead atoms. The molecule has 2 N–H and O–H groups in total. The number of nitrogens with one attached hydrogen (secondary N) is 1. The number of nitrogens with zero attached hydrogens (tertiary/aromatic N) is 2. The van der Waals surface area contributed by atoms with Crippen molar-refractivity contribution in [2.75, 3.05) is 12.3 Å². The van der Waals surface area contributed by atoms with E-state index in [9.17, 15) is 9.90 Å². The van der Waals surface area contributed by atoms with Gasteiger partial charge in [-0.2, -0.15) is 0 Å². The van der Waals surface area contributed by atoms with E-state index in [0.29, 0.717) is 13.0 Å². The van der Waals surface area contributed by atoms with Gasteiger partial charge in [-0.25, -0.2) is 9.97 Å². The van der Waals surface area contributed by atoms with Gasteiger partial charge in [0, 0.05) is 17.1 Å². The van der Waals surface area contributed by atoms with Crippen molar-refractivity contribution in [3.63, 3.8) is 0 Å². The van der Waals surface area contributed by atoms with Crippen molar-refractivity contribution in [1.29, 1.82) is 0 Å². The first-order valence-corrected chi connectivity index (χ1v) is 7.79. The van der Waals surface area contributed by atoms with Crippen molar-refractivity contribution in [2.45, 2.75) is 51.2 Å². The van der Waals surface area contributed by atoms with Gasteiger partial charge in [-0.1, -0.05) is 18.7 Å². The monoisotopic (exact) mass is 297 g/mol. The zero-order chi connectivity index (χ0) is 15.2. The lowest BCUT2D eigenvalue weighted by Gasteiger charge is -2.25. The topological polar surface area (TPSA) is 75.1 Å². The van der Waals surface area contributed by atoms with Crippen molar-refractivity contribution in [3.8, 4) is 0 Å². The molecule has 1 aromatic heterocycles. The smallest absolute Gasteiger partial charge is 0.323 e. The van der Waals surface area contributed by atoms with E-state index >= 15 is 0 Å². The van der Waals surface area contributed by atoms with Gasteiger partial charge >= 0.3 is 5.97 Å². The van der Waals surface area contributed by atoms with Crippen molar-refractivity contribution < 1.29 is 9.90 Å². The number of aromatic nitrogens is 2. The van der Waals surface area contributed by atoms with Crippen LogP contribution in [0.4, 0.5) is 0 Å². The summed E-state index contributed by atoms with van der Waals surface area (Å²) in [5.41, 5.74) is 1.07. The van der Waals surface area contributed by atoms with Gasteiger partial charge < -0.3 is 10.4 Å². The summed E-state index contributed by atoms with van der Waals surface area (Å²) in [6, 6.07) is 1.94. The van der Waals surface area contributed by atoms with Crippen LogP contribution in [-0.4, -0.2) is 38.9 Å². The minimum atomic E-state index is -0.849. The average Bonchev–Trinajstić information content (AvgIpc) is 2.33. The van der Waals surface area contributed by atoms with Gasteiger partial charge in [-0.3, -0.25) is 4.79 Å². The number of carboxylic acids is 1. The van der Waals surface area contributed by atoms with Gasteiger partial charge in [-0.15, -0.1) is 0 Å². The second-order valence-electron chi connectivity index (χ2n) is 5.05. The number of hydrogen-bond donors (Lipinski definition) is 2. The summed E-state index contributed by atoms with van der Waals surface area (Å²) >= 11 is 1.58. The molecular weight excluding hydrogens is 274 g/mol. The number of aliphatic carboxylic acids is 1. The highest BCUT2D eigenvalue weighted by Crippen LogP contribution is 2.19. The molecule has 1 heterocycles. The van der Waals surface area contributed by atoms with Gasteiger partial charge in [0.1, 0.15) is 5.54 Å². The quantitative estimate of drug-likeness (QED) is 0.436. The molecule has 0 aromatic carbocycles. The normalized spacial score (nSPS) is 14.0. The number of aryl methyl sites for hydroxylation is 2. The molecule has 0 fully saturated rings. The Bertz CT molecular complexity index is 447. The molecular formula is C14H23N3O2S. The van der Waals surface area contributed by atoms with E-state index in [1.165, 1.54) is 0 Å². The number of likely N-dealkylation sites (N-methyl/N-ethyl adjacent to an activating group) is 1. The van der Waals surface area contributed by atoms with Crippen molar-refractivity contribution in [2.24, 2.45) is 0 Å². The molecule has 0 aliphatic heterocycles. The maximum atomic E-state index is 11.3. The van der Waals surface area contributed by atoms with Crippen LogP contribution in [0.3, 0.4) is 0 Å². The van der Waals surface area contributed by atoms with Crippen LogP contribution in [0.2, 0.25) is 0 Å². The van der Waals surface area contributed by atoms with Gasteiger partial charge in [0.05, 0.1) is 0 Å². The molecule has 0 spiro atoms. The summed E-state index contributed by atoms with van der Waals surface area (Å²) in [5, 5.41) is 13.1. The van der Waals surface area contributed by atoms with Crippen LogP contribution in [0.25, 0.3) is 0 Å². The standard InChI is InChI=1S/C14H23N3O2S/c1-5-15-14(4,12(18)19)7-6-8-20-13-16-10(2)9-11(3)17-13/h9,15H,5-8H2,1-4H3,(H,18,19). The van der Waals surface area contributed by atoms with Gasteiger partial charge in [0.25, 0.3) is 0 Å². The molecule has 0 aliphatic carbocycles. The van der Waals surface area contributed by atoms with E-state index in [4.69, 9.17) is 0 Å². The Morgan fingerprint density at radius 1 is 1.40 bits per heavy atom. The fourth-order valence-corrected chi connectivity index (χ4v) is 2.90. The van der Waals surface area contributed by atoms with E-state index in [1.54, 1.807) is 18.7 Å². The fraction of sp³-hybridized carbons (Fsp3) is 0.643. The zero-order valence-corrected chi connectivity index (χ0v) is 13.4. The SMILES string of the molecule is CCNC(C)(CCCSc1nc(C)cc(C)n1)C(=O)O. The van der Waals surface area contributed by atoms with Crippen LogP contribution in [0.1, 0.15) is 38.1 Å². The Hall–Kier alpha value is -1.14. The Morgan fingerprint density at radius 3 is 2.50 bits per heavy atom. The Labute approximate surface area is 124 Å². The molecule has 0 amide bonds. The lowest BCUT2D eigenvalue weighted by Crippen LogP contribution is -2.49. The Balaban J connectivity index is 2.46. The molecule has 1 rings (SSSR count). The molecule has 112 valence electrons. The maximum absolute atomic E-state index is 11.3. The van der Waals surface area contributed by atoms with Gasteiger partial charge in [0.2, 0.25) is 0 Å². The van der Waals surface area contributed by atoms with Crippen LogP contribution in [0, 0.1) is 13.8 Å². The average molecular weight is 297 g/mol. The maximum Gasteiger partial charge on any atom is 0.323 e. The number of carbonyl (C=O) groups is 1. The molecule has 0 saturated carbocycles. The summed E-state index contributed by atoms with van der Waals surface area (Å²) in [5.74, 6) is 0.0176. The molecule has 6 heteroatoms. The van der Waals surface area contributed by atoms with Crippen molar-refractivity contribution in [3.05, 3.63) is 17.5 Å². The number of hydrogen-bond acceptors (Lipinski definition) is 5. The lowest BCUT2D eigenvalue weighted by molar-refractivity contribution is -0.144. The summed E-state index contributed by atoms with van der Waals surface area (Å²) < 4.78 is 0. The highest BCUT2D eigenvalue weighted by molar-refractivity contribution is 7.99. The zero-order valence-electron chi connectivity index (χ0n) is 12.6. The third kappa shape index (κ3) is 5.09. The molecule has 5 nitrogen and oxygen atoms in total. The third-order valence-electron chi connectivity index (χ3n) is 3.05. The first-order chi connectivity index (χ1) is 9.37. The molecule has 0 saturated heterocycles. The van der Waals surface area contributed by atoms with E-state index in [0.717, 1.165) is 28.7 Å². The first kappa shape index (κ1) is 16.9. The molecule has 0 aliphatic rings. The third-order valence-corrected chi connectivity index (χ3v) is 3.99. The number of carboxylic acid groups (broad SMARTS) is 1. The van der Waals surface area contributed by atoms with E-state index in [-0.39, 0.29) is 0 Å². The molecule has 1 aromatic rings.